The van der Waals surface area contributed by atoms with Gasteiger partial charge in [-0.3, -0.25) is 4.79 Å². The summed E-state index contributed by atoms with van der Waals surface area (Å²) in [6.45, 7) is 0. The van der Waals surface area contributed by atoms with Crippen molar-refractivity contribution < 1.29 is 9.90 Å². The number of halogens is 1. The standard InChI is InChI=1S/C21H18ClNO2/c22-17-11-12-19(23-20(24)13-15-7-3-1-4-8-15)18(14-17)21(25)16-9-5-2-6-10-16/h1-12,14,21,25H,13H2,(H,23,24)/t21-/m0/s1. The molecule has 1 amide bonds. The zero-order valence-corrected chi connectivity index (χ0v) is 14.3. The Bertz CT molecular complexity index is 850. The molecule has 0 aromatic heterocycles. The third-order valence-electron chi connectivity index (χ3n) is 3.91. The van der Waals surface area contributed by atoms with Gasteiger partial charge in [-0.05, 0) is 29.3 Å². The topological polar surface area (TPSA) is 49.3 Å². The van der Waals surface area contributed by atoms with Crippen LogP contribution in [0.15, 0.2) is 78.9 Å². The Kier molecular flexibility index (Phi) is 5.49. The Hall–Kier alpha value is -2.62. The molecule has 0 aliphatic carbocycles. The highest BCUT2D eigenvalue weighted by atomic mass is 35.5. The maximum Gasteiger partial charge on any atom is 0.228 e. The van der Waals surface area contributed by atoms with Gasteiger partial charge in [-0.1, -0.05) is 72.3 Å². The van der Waals surface area contributed by atoms with Crippen LogP contribution in [0.1, 0.15) is 22.8 Å². The molecule has 0 radical (unpaired) electrons. The fourth-order valence-electron chi connectivity index (χ4n) is 2.66. The molecular formula is C21H18ClNO2. The summed E-state index contributed by atoms with van der Waals surface area (Å²) in [5.41, 5.74) is 2.80. The van der Waals surface area contributed by atoms with Crippen molar-refractivity contribution in [1.82, 2.24) is 0 Å². The van der Waals surface area contributed by atoms with Crippen molar-refractivity contribution in [2.75, 3.05) is 5.32 Å². The molecule has 0 fully saturated rings. The van der Waals surface area contributed by atoms with Gasteiger partial charge in [-0.25, -0.2) is 0 Å². The first-order valence-corrected chi connectivity index (χ1v) is 8.37. The van der Waals surface area contributed by atoms with Gasteiger partial charge < -0.3 is 10.4 Å². The maximum atomic E-state index is 12.4. The van der Waals surface area contributed by atoms with Gasteiger partial charge in [0.25, 0.3) is 0 Å². The molecule has 2 N–H and O–H groups in total. The predicted octanol–water partition coefficient (Wildman–Crippen LogP) is 4.60. The molecule has 3 rings (SSSR count). The number of rotatable bonds is 5. The van der Waals surface area contributed by atoms with Crippen LogP contribution in [0.4, 0.5) is 5.69 Å². The molecule has 3 aromatic rings. The minimum absolute atomic E-state index is 0.143. The second-order valence-corrected chi connectivity index (χ2v) is 6.19. The Labute approximate surface area is 151 Å². The molecule has 0 saturated heterocycles. The average molecular weight is 352 g/mol. The van der Waals surface area contributed by atoms with Crippen LogP contribution in [0.2, 0.25) is 5.02 Å². The molecule has 0 bridgehead atoms. The van der Waals surface area contributed by atoms with E-state index in [9.17, 15) is 9.90 Å². The second-order valence-electron chi connectivity index (χ2n) is 5.76. The lowest BCUT2D eigenvalue weighted by atomic mass is 9.99. The van der Waals surface area contributed by atoms with Crippen molar-refractivity contribution in [3.05, 3.63) is 101 Å². The van der Waals surface area contributed by atoms with Gasteiger partial charge in [-0.15, -0.1) is 0 Å². The fraction of sp³-hybridized carbons (Fsp3) is 0.0952. The number of anilines is 1. The van der Waals surface area contributed by atoms with Crippen LogP contribution in [-0.2, 0) is 11.2 Å². The smallest absolute Gasteiger partial charge is 0.228 e. The van der Waals surface area contributed by atoms with Crippen molar-refractivity contribution in [1.29, 1.82) is 0 Å². The molecule has 1 atom stereocenters. The lowest BCUT2D eigenvalue weighted by Crippen LogP contribution is -2.16. The van der Waals surface area contributed by atoms with E-state index in [1.807, 2.05) is 60.7 Å². The van der Waals surface area contributed by atoms with E-state index >= 15 is 0 Å². The van der Waals surface area contributed by atoms with Gasteiger partial charge in [0.2, 0.25) is 5.91 Å². The van der Waals surface area contributed by atoms with Gasteiger partial charge in [0.15, 0.2) is 0 Å². The maximum absolute atomic E-state index is 12.4. The number of hydrogen-bond donors (Lipinski definition) is 2. The lowest BCUT2D eigenvalue weighted by Gasteiger charge is -2.17. The average Bonchev–Trinajstić information content (AvgIpc) is 2.64. The van der Waals surface area contributed by atoms with Gasteiger partial charge in [-0.2, -0.15) is 0 Å². The second kappa shape index (κ2) is 7.97. The molecule has 0 aliphatic heterocycles. The van der Waals surface area contributed by atoms with Gasteiger partial charge in [0.1, 0.15) is 6.10 Å². The van der Waals surface area contributed by atoms with Gasteiger partial charge in [0.05, 0.1) is 6.42 Å². The van der Waals surface area contributed by atoms with E-state index in [4.69, 9.17) is 11.6 Å². The Morgan fingerprint density at radius 1 is 0.960 bits per heavy atom. The predicted molar refractivity (Wildman–Crippen MR) is 101 cm³/mol. The minimum atomic E-state index is -0.869. The number of amides is 1. The number of carbonyl (C=O) groups is 1. The number of carbonyl (C=O) groups excluding carboxylic acids is 1. The highest BCUT2D eigenvalue weighted by Crippen LogP contribution is 2.31. The summed E-state index contributed by atoms with van der Waals surface area (Å²) >= 11 is 6.09. The number of hydrogen-bond acceptors (Lipinski definition) is 2. The molecule has 3 nitrogen and oxygen atoms in total. The Balaban J connectivity index is 1.83. The normalized spacial score (nSPS) is 11.8. The van der Waals surface area contributed by atoms with Crippen molar-refractivity contribution >= 4 is 23.2 Å². The van der Waals surface area contributed by atoms with E-state index in [0.29, 0.717) is 16.3 Å². The van der Waals surface area contributed by atoms with E-state index in [2.05, 4.69) is 5.32 Å². The summed E-state index contributed by atoms with van der Waals surface area (Å²) in [7, 11) is 0. The van der Waals surface area contributed by atoms with E-state index in [-0.39, 0.29) is 12.3 Å². The summed E-state index contributed by atoms with van der Waals surface area (Å²) in [5.74, 6) is -0.143. The van der Waals surface area contributed by atoms with Crippen LogP contribution in [0.25, 0.3) is 0 Å². The van der Waals surface area contributed by atoms with Crippen LogP contribution in [0.5, 0.6) is 0 Å². The third-order valence-corrected chi connectivity index (χ3v) is 4.14. The fourth-order valence-corrected chi connectivity index (χ4v) is 2.84. The van der Waals surface area contributed by atoms with E-state index < -0.39 is 6.10 Å². The van der Waals surface area contributed by atoms with E-state index in [1.165, 1.54) is 0 Å². The van der Waals surface area contributed by atoms with Crippen molar-refractivity contribution in [2.45, 2.75) is 12.5 Å². The number of nitrogens with one attached hydrogen (secondary N) is 1. The number of aliphatic hydroxyl groups is 1. The molecular weight excluding hydrogens is 334 g/mol. The van der Waals surface area contributed by atoms with Gasteiger partial charge in [0, 0.05) is 16.3 Å². The molecule has 0 heterocycles. The monoisotopic (exact) mass is 351 g/mol. The van der Waals surface area contributed by atoms with Crippen LogP contribution in [0, 0.1) is 0 Å². The summed E-state index contributed by atoms with van der Waals surface area (Å²) in [6, 6.07) is 23.9. The first-order chi connectivity index (χ1) is 12.1. The molecule has 126 valence electrons. The molecule has 0 unspecified atom stereocenters. The minimum Gasteiger partial charge on any atom is -0.384 e. The molecule has 25 heavy (non-hydrogen) atoms. The Morgan fingerprint density at radius 3 is 2.28 bits per heavy atom. The lowest BCUT2D eigenvalue weighted by molar-refractivity contribution is -0.115. The first kappa shape index (κ1) is 17.2. The van der Waals surface area contributed by atoms with Crippen LogP contribution < -0.4 is 5.32 Å². The molecule has 0 aliphatic rings. The number of benzene rings is 3. The highest BCUT2D eigenvalue weighted by Gasteiger charge is 2.16. The van der Waals surface area contributed by atoms with Gasteiger partial charge >= 0.3 is 0 Å². The zero-order chi connectivity index (χ0) is 17.6. The quantitative estimate of drug-likeness (QED) is 0.705. The summed E-state index contributed by atoms with van der Waals surface area (Å²) < 4.78 is 0. The zero-order valence-electron chi connectivity index (χ0n) is 13.5. The SMILES string of the molecule is O=C(Cc1ccccc1)Nc1ccc(Cl)cc1[C@@H](O)c1ccccc1. The Morgan fingerprint density at radius 2 is 1.60 bits per heavy atom. The molecule has 4 heteroatoms. The van der Waals surface area contributed by atoms with Crippen molar-refractivity contribution in [2.24, 2.45) is 0 Å². The van der Waals surface area contributed by atoms with Crippen molar-refractivity contribution in [3.8, 4) is 0 Å². The van der Waals surface area contributed by atoms with Crippen LogP contribution in [0.3, 0.4) is 0 Å². The molecule has 0 spiro atoms. The third kappa shape index (κ3) is 4.47. The van der Waals surface area contributed by atoms with E-state index in [0.717, 1.165) is 11.1 Å². The van der Waals surface area contributed by atoms with Crippen LogP contribution in [-0.4, -0.2) is 11.0 Å². The molecule has 3 aromatic carbocycles. The summed E-state index contributed by atoms with van der Waals surface area (Å²) in [4.78, 5) is 12.4. The largest absolute Gasteiger partial charge is 0.384 e. The number of aliphatic hydroxyl groups excluding tert-OH is 1. The van der Waals surface area contributed by atoms with E-state index in [1.54, 1.807) is 18.2 Å². The first-order valence-electron chi connectivity index (χ1n) is 8.00. The van der Waals surface area contributed by atoms with Crippen molar-refractivity contribution in [3.63, 3.8) is 0 Å². The summed E-state index contributed by atoms with van der Waals surface area (Å²) in [5, 5.41) is 14.1. The molecule has 0 saturated carbocycles. The summed E-state index contributed by atoms with van der Waals surface area (Å²) in [6.07, 6.45) is -0.600. The highest BCUT2D eigenvalue weighted by molar-refractivity contribution is 6.30. The van der Waals surface area contributed by atoms with Crippen LogP contribution >= 0.6 is 11.6 Å².